The number of para-hydroxylation sites is 1. The Hall–Kier alpha value is -4.22. The first-order valence-electron chi connectivity index (χ1n) is 9.18. The third kappa shape index (κ3) is 4.22. The minimum atomic E-state index is -0.875. The van der Waals surface area contributed by atoms with Crippen LogP contribution in [0.4, 0.5) is 5.82 Å². The molecule has 0 spiro atoms. The Morgan fingerprint density at radius 2 is 1.87 bits per heavy atom. The molecule has 0 fully saturated rings. The quantitative estimate of drug-likeness (QED) is 0.320. The lowest BCUT2D eigenvalue weighted by atomic mass is 10.2. The first-order valence-corrected chi connectivity index (χ1v) is 9.18. The Balaban J connectivity index is 1.54. The third-order valence-corrected chi connectivity index (χ3v) is 4.65. The van der Waals surface area contributed by atoms with Gasteiger partial charge in [-0.3, -0.25) is 33.4 Å². The second-order valence-corrected chi connectivity index (χ2v) is 6.67. The molecular weight excluding hydrogens is 408 g/mol. The van der Waals surface area contributed by atoms with Gasteiger partial charge < -0.3 is 15.8 Å². The van der Waals surface area contributed by atoms with E-state index in [9.17, 15) is 24.0 Å². The van der Waals surface area contributed by atoms with E-state index in [1.807, 2.05) is 0 Å². The van der Waals surface area contributed by atoms with E-state index in [2.05, 4.69) is 15.5 Å². The number of fused-ring (bicyclic) bond motifs is 1. The average molecular weight is 428 g/mol. The minimum Gasteiger partial charge on any atom is -0.457 e. The van der Waals surface area contributed by atoms with Crippen LogP contribution in [0.5, 0.6) is 0 Å². The van der Waals surface area contributed by atoms with Crippen LogP contribution in [-0.4, -0.2) is 50.1 Å². The van der Waals surface area contributed by atoms with Crippen molar-refractivity contribution in [1.29, 1.82) is 0 Å². The van der Waals surface area contributed by atoms with Gasteiger partial charge in [0.25, 0.3) is 11.5 Å². The molecule has 0 unspecified atom stereocenters. The number of anilines is 1. The van der Waals surface area contributed by atoms with Crippen LogP contribution in [0.2, 0.25) is 0 Å². The van der Waals surface area contributed by atoms with Crippen LogP contribution in [0.25, 0.3) is 10.9 Å². The molecule has 0 bridgehead atoms. The van der Waals surface area contributed by atoms with Gasteiger partial charge in [0.05, 0.1) is 11.9 Å². The maximum absolute atomic E-state index is 12.3. The van der Waals surface area contributed by atoms with Crippen LogP contribution in [0.15, 0.2) is 33.9 Å². The Morgan fingerprint density at radius 3 is 2.61 bits per heavy atom. The fourth-order valence-electron chi connectivity index (χ4n) is 2.91. The standard InChI is InChI=1S/C19H20N6O6/c1-24-16(20)14(18(29)25(2)19(24)30)12(26)9-31-13(27)7-8-21-17(28)15-10-5-3-4-6-11(10)22-23-15/h3-6H,7-9,20H2,1-2H3,(H,21,28)(H,22,23). The number of nitrogen functional groups attached to an aromatic ring is 1. The average Bonchev–Trinajstić information content (AvgIpc) is 3.19. The Kier molecular flexibility index (Phi) is 6.00. The number of ketones is 1. The third-order valence-electron chi connectivity index (χ3n) is 4.65. The van der Waals surface area contributed by atoms with E-state index >= 15 is 0 Å². The number of nitrogens with zero attached hydrogens (tertiary/aromatic N) is 3. The number of benzene rings is 1. The number of carbonyl (C=O) groups is 3. The first-order chi connectivity index (χ1) is 14.7. The molecule has 12 nitrogen and oxygen atoms in total. The lowest BCUT2D eigenvalue weighted by Gasteiger charge is -2.11. The van der Waals surface area contributed by atoms with Gasteiger partial charge >= 0.3 is 11.7 Å². The summed E-state index contributed by atoms with van der Waals surface area (Å²) < 4.78 is 6.55. The summed E-state index contributed by atoms with van der Waals surface area (Å²) in [6, 6.07) is 7.09. The van der Waals surface area contributed by atoms with Crippen molar-refractivity contribution in [1.82, 2.24) is 24.6 Å². The number of amides is 1. The highest BCUT2D eigenvalue weighted by atomic mass is 16.5. The van der Waals surface area contributed by atoms with Crippen molar-refractivity contribution in [3.8, 4) is 0 Å². The normalized spacial score (nSPS) is 10.8. The lowest BCUT2D eigenvalue weighted by molar-refractivity contribution is -0.142. The predicted octanol–water partition coefficient (Wildman–Crippen LogP) is -0.911. The van der Waals surface area contributed by atoms with Gasteiger partial charge in [-0.2, -0.15) is 5.10 Å². The van der Waals surface area contributed by atoms with E-state index in [1.165, 1.54) is 14.1 Å². The van der Waals surface area contributed by atoms with Crippen LogP contribution in [0, 0.1) is 0 Å². The Labute approximate surface area is 174 Å². The van der Waals surface area contributed by atoms with E-state index in [0.29, 0.717) is 10.9 Å². The van der Waals surface area contributed by atoms with Crippen molar-refractivity contribution in [2.24, 2.45) is 14.1 Å². The summed E-state index contributed by atoms with van der Waals surface area (Å²) in [4.78, 5) is 60.4. The number of esters is 1. The van der Waals surface area contributed by atoms with Crippen molar-refractivity contribution in [3.05, 3.63) is 56.4 Å². The molecule has 0 aliphatic rings. The van der Waals surface area contributed by atoms with E-state index < -0.39 is 41.1 Å². The van der Waals surface area contributed by atoms with E-state index in [1.54, 1.807) is 24.3 Å². The molecule has 3 aromatic rings. The summed E-state index contributed by atoms with van der Waals surface area (Å²) in [5, 5.41) is 9.89. The molecule has 2 heterocycles. The van der Waals surface area contributed by atoms with E-state index in [0.717, 1.165) is 9.13 Å². The number of nitrogens with one attached hydrogen (secondary N) is 2. The van der Waals surface area contributed by atoms with Crippen LogP contribution < -0.4 is 22.3 Å². The van der Waals surface area contributed by atoms with Gasteiger partial charge in [0, 0.05) is 26.0 Å². The number of rotatable bonds is 7. The molecule has 0 saturated carbocycles. The molecule has 2 aromatic heterocycles. The molecule has 12 heteroatoms. The molecule has 0 aliphatic heterocycles. The first kappa shape index (κ1) is 21.5. The zero-order valence-corrected chi connectivity index (χ0v) is 16.8. The number of hydrogen-bond donors (Lipinski definition) is 3. The zero-order chi connectivity index (χ0) is 22.7. The van der Waals surface area contributed by atoms with Gasteiger partial charge in [0.1, 0.15) is 11.4 Å². The Bertz CT molecular complexity index is 1300. The van der Waals surface area contributed by atoms with E-state index in [-0.39, 0.29) is 24.5 Å². The number of ether oxygens (including phenoxy) is 1. The zero-order valence-electron chi connectivity index (χ0n) is 16.8. The Morgan fingerprint density at radius 1 is 1.16 bits per heavy atom. The molecule has 0 aliphatic carbocycles. The van der Waals surface area contributed by atoms with Crippen molar-refractivity contribution >= 4 is 34.4 Å². The molecule has 3 rings (SSSR count). The predicted molar refractivity (Wildman–Crippen MR) is 110 cm³/mol. The van der Waals surface area contributed by atoms with Gasteiger partial charge in [0.2, 0.25) is 5.78 Å². The van der Waals surface area contributed by atoms with Crippen LogP contribution in [0.1, 0.15) is 27.3 Å². The molecule has 0 radical (unpaired) electrons. The highest BCUT2D eigenvalue weighted by Gasteiger charge is 2.21. The fourth-order valence-corrected chi connectivity index (χ4v) is 2.91. The smallest absolute Gasteiger partial charge is 0.332 e. The lowest BCUT2D eigenvalue weighted by Crippen LogP contribution is -2.42. The number of nitrogens with two attached hydrogens (primary N) is 1. The molecule has 1 aromatic carbocycles. The second kappa shape index (κ2) is 8.65. The van der Waals surface area contributed by atoms with Crippen LogP contribution in [-0.2, 0) is 23.6 Å². The molecule has 4 N–H and O–H groups in total. The summed E-state index contributed by atoms with van der Waals surface area (Å²) in [7, 11) is 2.52. The van der Waals surface area contributed by atoms with Gasteiger partial charge in [-0.15, -0.1) is 0 Å². The molecule has 0 atom stereocenters. The highest BCUT2D eigenvalue weighted by Crippen LogP contribution is 2.14. The maximum Gasteiger partial charge on any atom is 0.332 e. The van der Waals surface area contributed by atoms with Gasteiger partial charge in [-0.25, -0.2) is 4.79 Å². The van der Waals surface area contributed by atoms with Crippen molar-refractivity contribution in [2.45, 2.75) is 6.42 Å². The summed E-state index contributed by atoms with van der Waals surface area (Å²) >= 11 is 0. The highest BCUT2D eigenvalue weighted by molar-refractivity contribution is 6.04. The molecule has 0 saturated heterocycles. The van der Waals surface area contributed by atoms with E-state index in [4.69, 9.17) is 10.5 Å². The summed E-state index contributed by atoms with van der Waals surface area (Å²) in [6.07, 6.45) is -0.206. The van der Waals surface area contributed by atoms with Crippen LogP contribution in [0.3, 0.4) is 0 Å². The SMILES string of the molecule is Cn1c(N)c(C(=O)COC(=O)CCNC(=O)c2n[nH]c3ccccc23)c(=O)n(C)c1=O. The van der Waals surface area contributed by atoms with Gasteiger partial charge in [-0.05, 0) is 6.07 Å². The molecule has 162 valence electrons. The molecule has 1 amide bonds. The monoisotopic (exact) mass is 428 g/mol. The van der Waals surface area contributed by atoms with Crippen LogP contribution >= 0.6 is 0 Å². The number of hydrogen-bond acceptors (Lipinski definition) is 8. The number of aromatic nitrogens is 4. The van der Waals surface area contributed by atoms with Gasteiger partial charge in [0.15, 0.2) is 12.3 Å². The molecule has 31 heavy (non-hydrogen) atoms. The fraction of sp³-hybridized carbons (Fsp3) is 0.263. The summed E-state index contributed by atoms with van der Waals surface area (Å²) in [5.74, 6) is -2.38. The number of Topliss-reactive ketones (excluding diaryl/α,β-unsaturated/α-hetero) is 1. The molecular formula is C19H20N6O6. The van der Waals surface area contributed by atoms with Crippen molar-refractivity contribution in [2.75, 3.05) is 18.9 Å². The minimum absolute atomic E-state index is 0.0449. The largest absolute Gasteiger partial charge is 0.457 e. The number of H-pyrrole nitrogens is 1. The number of aromatic amines is 1. The van der Waals surface area contributed by atoms with Crippen molar-refractivity contribution < 1.29 is 19.1 Å². The maximum atomic E-state index is 12.3. The van der Waals surface area contributed by atoms with Crippen molar-refractivity contribution in [3.63, 3.8) is 0 Å². The summed E-state index contributed by atoms with van der Waals surface area (Å²) in [6.45, 7) is -0.773. The number of carbonyl (C=O) groups excluding carboxylic acids is 3. The summed E-state index contributed by atoms with van der Waals surface area (Å²) in [5.41, 5.74) is 4.60. The topological polar surface area (TPSA) is 171 Å². The second-order valence-electron chi connectivity index (χ2n) is 6.67. The van der Waals surface area contributed by atoms with Gasteiger partial charge in [-0.1, -0.05) is 18.2 Å².